The Labute approximate surface area is 259 Å². The summed E-state index contributed by atoms with van der Waals surface area (Å²) in [4.78, 5) is 26.2. The maximum atomic E-state index is 11.9. The Bertz CT molecular complexity index is 1640. The van der Waals surface area contributed by atoms with E-state index in [1.165, 1.54) is 12.1 Å². The SMILES string of the molecule is CCN1c2ccc([N+](=O)[O-])cc2C(C)(C)C1/C=C/C=C/C=C1\N(CCCCCC(=O)O)c2ccc(S(=O)(=O)O)cc2C1(C)C. The first kappa shape index (κ1) is 32.9. The van der Waals surface area contributed by atoms with Gasteiger partial charge in [-0.1, -0.05) is 58.4 Å². The molecule has 44 heavy (non-hydrogen) atoms. The van der Waals surface area contributed by atoms with E-state index in [2.05, 4.69) is 36.6 Å². The molecule has 11 heteroatoms. The number of unbranched alkanes of at least 4 members (excludes halogenated alkanes) is 2. The zero-order chi connectivity index (χ0) is 32.4. The molecule has 2 aliphatic rings. The van der Waals surface area contributed by atoms with Gasteiger partial charge in [-0.05, 0) is 61.2 Å². The Morgan fingerprint density at radius 3 is 2.34 bits per heavy atom. The highest BCUT2D eigenvalue weighted by molar-refractivity contribution is 7.85. The number of fused-ring (bicyclic) bond motifs is 2. The van der Waals surface area contributed by atoms with Gasteiger partial charge in [-0.25, -0.2) is 0 Å². The van der Waals surface area contributed by atoms with Gasteiger partial charge < -0.3 is 14.9 Å². The average molecular weight is 624 g/mol. The van der Waals surface area contributed by atoms with E-state index < -0.39 is 21.5 Å². The maximum Gasteiger partial charge on any atom is 0.303 e. The fraction of sp³-hybridized carbons (Fsp3) is 0.424. The van der Waals surface area contributed by atoms with Crippen LogP contribution in [0.1, 0.15) is 71.4 Å². The molecule has 0 fully saturated rings. The Hall–Kier alpha value is -3.96. The van der Waals surface area contributed by atoms with Crippen molar-refractivity contribution in [3.8, 4) is 0 Å². The third-order valence-corrected chi connectivity index (χ3v) is 9.66. The van der Waals surface area contributed by atoms with E-state index in [0.717, 1.165) is 47.6 Å². The monoisotopic (exact) mass is 623 g/mol. The first-order valence-corrected chi connectivity index (χ1v) is 16.3. The summed E-state index contributed by atoms with van der Waals surface area (Å²) in [6.07, 6.45) is 12.2. The first-order chi connectivity index (χ1) is 20.6. The van der Waals surface area contributed by atoms with Crippen molar-refractivity contribution in [1.82, 2.24) is 0 Å². The summed E-state index contributed by atoms with van der Waals surface area (Å²) in [7, 11) is -4.37. The lowest BCUT2D eigenvalue weighted by Gasteiger charge is -2.31. The fourth-order valence-corrected chi connectivity index (χ4v) is 6.98. The lowest BCUT2D eigenvalue weighted by molar-refractivity contribution is -0.384. The molecule has 10 nitrogen and oxygen atoms in total. The number of likely N-dealkylation sites (N-methyl/N-ethyl adjacent to an activating group) is 1. The van der Waals surface area contributed by atoms with Gasteiger partial charge in [-0.2, -0.15) is 8.42 Å². The van der Waals surface area contributed by atoms with Gasteiger partial charge in [0, 0.05) is 59.5 Å². The van der Waals surface area contributed by atoms with Crippen LogP contribution in [0.25, 0.3) is 0 Å². The number of carbonyl (C=O) groups is 1. The molecular weight excluding hydrogens is 582 g/mol. The first-order valence-electron chi connectivity index (χ1n) is 14.8. The number of carboxylic acid groups (broad SMARTS) is 1. The van der Waals surface area contributed by atoms with Gasteiger partial charge in [0.25, 0.3) is 15.8 Å². The molecule has 0 bridgehead atoms. The third-order valence-electron chi connectivity index (χ3n) is 8.81. The Morgan fingerprint density at radius 2 is 1.70 bits per heavy atom. The number of rotatable bonds is 12. The molecule has 2 aliphatic heterocycles. The van der Waals surface area contributed by atoms with Crippen molar-refractivity contribution >= 4 is 33.1 Å². The van der Waals surface area contributed by atoms with Gasteiger partial charge in [0.2, 0.25) is 0 Å². The number of hydrogen-bond acceptors (Lipinski definition) is 7. The molecule has 0 aliphatic carbocycles. The van der Waals surface area contributed by atoms with Gasteiger partial charge in [-0.3, -0.25) is 19.5 Å². The second-order valence-corrected chi connectivity index (χ2v) is 13.8. The number of hydrogen-bond donors (Lipinski definition) is 2. The largest absolute Gasteiger partial charge is 0.481 e. The molecule has 0 saturated carbocycles. The van der Waals surface area contributed by atoms with Crippen LogP contribution in [-0.4, -0.2) is 48.1 Å². The van der Waals surface area contributed by atoms with Crippen molar-refractivity contribution in [3.63, 3.8) is 0 Å². The standard InChI is InChI=1S/C33H41N3O7S/c1-6-34-27-18-16-23(36(39)40)21-25(27)32(2,3)29(34)13-9-7-10-14-30-33(4,5)26-22-24(44(41,42)43)17-19-28(26)35(30)20-12-8-11-15-31(37)38/h7,9-10,13-14,16-19,21-22,29H,6,8,11-12,15,20H2,1-5H3,(H,37,38)(H,41,42,43)/b10-7+,13-9+,30-14-. The highest BCUT2D eigenvalue weighted by Crippen LogP contribution is 2.49. The number of carboxylic acids is 1. The topological polar surface area (TPSA) is 141 Å². The normalized spacial score (nSPS) is 19.7. The average Bonchev–Trinajstić information content (AvgIpc) is 3.29. The van der Waals surface area contributed by atoms with E-state index in [1.54, 1.807) is 18.2 Å². The molecule has 2 aromatic rings. The molecule has 1 atom stereocenters. The summed E-state index contributed by atoms with van der Waals surface area (Å²) < 4.78 is 33.5. The van der Waals surface area contributed by atoms with Crippen molar-refractivity contribution in [2.45, 2.75) is 82.1 Å². The smallest absolute Gasteiger partial charge is 0.303 e. The molecular formula is C33H41N3O7S. The number of non-ortho nitro benzene ring substituents is 1. The van der Waals surface area contributed by atoms with Crippen LogP contribution in [0.5, 0.6) is 0 Å². The number of anilines is 2. The van der Waals surface area contributed by atoms with Crippen LogP contribution < -0.4 is 9.80 Å². The lowest BCUT2D eigenvalue weighted by Crippen LogP contribution is -2.39. The minimum Gasteiger partial charge on any atom is -0.481 e. The van der Waals surface area contributed by atoms with Gasteiger partial charge >= 0.3 is 5.97 Å². The van der Waals surface area contributed by atoms with E-state index in [0.29, 0.717) is 13.0 Å². The van der Waals surface area contributed by atoms with Crippen LogP contribution in [0.4, 0.5) is 17.1 Å². The van der Waals surface area contributed by atoms with Gasteiger partial charge in [0.15, 0.2) is 0 Å². The van der Waals surface area contributed by atoms with E-state index in [-0.39, 0.29) is 33.4 Å². The summed E-state index contributed by atoms with van der Waals surface area (Å²) >= 11 is 0. The van der Waals surface area contributed by atoms with Crippen LogP contribution in [0.15, 0.2) is 77.4 Å². The Balaban J connectivity index is 1.60. The molecule has 236 valence electrons. The zero-order valence-electron chi connectivity index (χ0n) is 25.9. The fourth-order valence-electron chi connectivity index (χ4n) is 6.47. The summed E-state index contributed by atoms with van der Waals surface area (Å²) in [5, 5.41) is 20.4. The van der Waals surface area contributed by atoms with Crippen molar-refractivity contribution in [2.24, 2.45) is 0 Å². The van der Waals surface area contributed by atoms with Crippen molar-refractivity contribution < 1.29 is 27.8 Å². The maximum absolute atomic E-state index is 11.9. The van der Waals surface area contributed by atoms with Crippen LogP contribution >= 0.6 is 0 Å². The van der Waals surface area contributed by atoms with Crippen LogP contribution in [0.2, 0.25) is 0 Å². The predicted octanol–water partition coefficient (Wildman–Crippen LogP) is 6.77. The minimum atomic E-state index is -4.37. The van der Waals surface area contributed by atoms with Crippen LogP contribution in [0.3, 0.4) is 0 Å². The predicted molar refractivity (Wildman–Crippen MR) is 172 cm³/mol. The van der Waals surface area contributed by atoms with Crippen molar-refractivity contribution in [1.29, 1.82) is 0 Å². The van der Waals surface area contributed by atoms with E-state index >= 15 is 0 Å². The quantitative estimate of drug-likeness (QED) is 0.0861. The molecule has 0 amide bonds. The summed E-state index contributed by atoms with van der Waals surface area (Å²) in [5.74, 6) is -0.817. The zero-order valence-corrected chi connectivity index (χ0v) is 26.7. The number of nitro groups is 1. The molecule has 0 saturated heterocycles. The van der Waals surface area contributed by atoms with Gasteiger partial charge in [-0.15, -0.1) is 0 Å². The number of nitrogens with zero attached hydrogens (tertiary/aromatic N) is 3. The molecule has 0 radical (unpaired) electrons. The Kier molecular flexibility index (Phi) is 9.41. The Morgan fingerprint density at radius 1 is 1.00 bits per heavy atom. The van der Waals surface area contributed by atoms with Crippen LogP contribution in [-0.2, 0) is 25.7 Å². The second kappa shape index (κ2) is 12.6. The number of aliphatic carboxylic acids is 1. The number of nitro benzene ring substituents is 1. The van der Waals surface area contributed by atoms with Crippen LogP contribution in [0, 0.1) is 10.1 Å². The molecule has 4 rings (SSSR count). The molecule has 2 N–H and O–H groups in total. The minimum absolute atomic E-state index is 0.00450. The third kappa shape index (κ3) is 6.44. The summed E-state index contributed by atoms with van der Waals surface area (Å²) in [6.45, 7) is 11.7. The molecule has 0 aromatic heterocycles. The highest BCUT2D eigenvalue weighted by atomic mass is 32.2. The second-order valence-electron chi connectivity index (χ2n) is 12.4. The van der Waals surface area contributed by atoms with E-state index in [9.17, 15) is 27.9 Å². The molecule has 2 heterocycles. The summed E-state index contributed by atoms with van der Waals surface area (Å²) in [6, 6.07) is 9.69. The summed E-state index contributed by atoms with van der Waals surface area (Å²) in [5.41, 5.74) is 3.71. The van der Waals surface area contributed by atoms with Crippen molar-refractivity contribution in [2.75, 3.05) is 22.9 Å². The van der Waals surface area contributed by atoms with E-state index in [4.69, 9.17) is 5.11 Å². The van der Waals surface area contributed by atoms with E-state index in [1.807, 2.05) is 44.2 Å². The number of benzene rings is 2. The van der Waals surface area contributed by atoms with Gasteiger partial charge in [0.05, 0.1) is 15.9 Å². The van der Waals surface area contributed by atoms with Crippen molar-refractivity contribution in [3.05, 3.63) is 93.7 Å². The highest BCUT2D eigenvalue weighted by Gasteiger charge is 2.43. The lowest BCUT2D eigenvalue weighted by atomic mass is 9.80. The molecule has 0 spiro atoms. The van der Waals surface area contributed by atoms with Gasteiger partial charge in [0.1, 0.15) is 0 Å². The molecule has 2 aromatic carbocycles. The molecule has 1 unspecified atom stereocenters. The number of allylic oxidation sites excluding steroid dienone is 5.